The highest BCUT2D eigenvalue weighted by atomic mass is 79.9. The summed E-state index contributed by atoms with van der Waals surface area (Å²) < 4.78 is 6.82. The van der Waals surface area contributed by atoms with Crippen LogP contribution in [0.2, 0.25) is 0 Å². The lowest BCUT2D eigenvalue weighted by Crippen LogP contribution is -1.98. The smallest absolute Gasteiger partial charge is 0.139 e. The first kappa shape index (κ1) is 9.04. The number of benzene rings is 2. The van der Waals surface area contributed by atoms with Crippen molar-refractivity contribution >= 4 is 51.2 Å². The summed E-state index contributed by atoms with van der Waals surface area (Å²) in [6, 6.07) is 12.3. The Balaban J connectivity index is 2.55. The molecule has 3 aromatic rings. The van der Waals surface area contributed by atoms with E-state index in [0.717, 1.165) is 15.6 Å². The maximum atomic E-state index is 5.74. The van der Waals surface area contributed by atoms with E-state index in [1.807, 2.05) is 18.2 Å². The lowest BCUT2D eigenvalue weighted by atomic mass is 9.94. The van der Waals surface area contributed by atoms with Crippen molar-refractivity contribution < 1.29 is 4.42 Å². The van der Waals surface area contributed by atoms with Crippen LogP contribution in [0.15, 0.2) is 45.3 Å². The molecule has 0 aliphatic carbocycles. The molecule has 1 aromatic heterocycles. The van der Waals surface area contributed by atoms with Crippen molar-refractivity contribution in [1.29, 1.82) is 0 Å². The van der Waals surface area contributed by atoms with Gasteiger partial charge in [-0.05, 0) is 24.3 Å². The summed E-state index contributed by atoms with van der Waals surface area (Å²) >= 11 is 3.48. The fourth-order valence-corrected chi connectivity index (χ4v) is 2.22. The zero-order chi connectivity index (χ0) is 10.4. The molecular formula is C12H8BBrO. The van der Waals surface area contributed by atoms with Crippen LogP contribution in [-0.4, -0.2) is 7.85 Å². The predicted octanol–water partition coefficient (Wildman–Crippen LogP) is 2.61. The number of hydrogen-bond acceptors (Lipinski definition) is 1. The van der Waals surface area contributed by atoms with E-state index >= 15 is 0 Å². The van der Waals surface area contributed by atoms with E-state index in [-0.39, 0.29) is 0 Å². The van der Waals surface area contributed by atoms with Crippen molar-refractivity contribution in [2.75, 3.05) is 0 Å². The molecule has 3 rings (SSSR count). The van der Waals surface area contributed by atoms with Gasteiger partial charge in [0.05, 0.1) is 0 Å². The Morgan fingerprint density at radius 1 is 0.933 bits per heavy atom. The number of halogens is 1. The molecule has 0 bridgehead atoms. The van der Waals surface area contributed by atoms with Crippen LogP contribution < -0.4 is 5.46 Å². The largest absolute Gasteiger partial charge is 0.456 e. The van der Waals surface area contributed by atoms with Gasteiger partial charge in [-0.15, -0.1) is 0 Å². The Morgan fingerprint density at radius 3 is 2.40 bits per heavy atom. The van der Waals surface area contributed by atoms with Crippen LogP contribution in [0.1, 0.15) is 0 Å². The average molecular weight is 259 g/mol. The normalized spacial score (nSPS) is 11.3. The molecule has 0 fully saturated rings. The molecule has 0 radical (unpaired) electrons. The summed E-state index contributed by atoms with van der Waals surface area (Å²) in [6.07, 6.45) is 0. The lowest BCUT2D eigenvalue weighted by molar-refractivity contribution is 0.669. The molecule has 0 N–H and O–H groups in total. The maximum absolute atomic E-state index is 5.74. The van der Waals surface area contributed by atoms with Gasteiger partial charge in [-0.3, -0.25) is 0 Å². The van der Waals surface area contributed by atoms with Crippen LogP contribution in [0.3, 0.4) is 0 Å². The third-order valence-electron chi connectivity index (χ3n) is 2.59. The minimum absolute atomic E-state index is 0.943. The van der Waals surface area contributed by atoms with Gasteiger partial charge < -0.3 is 4.42 Å². The summed E-state index contributed by atoms with van der Waals surface area (Å²) in [6.45, 7) is 0. The van der Waals surface area contributed by atoms with Gasteiger partial charge in [0.15, 0.2) is 0 Å². The number of rotatable bonds is 0. The van der Waals surface area contributed by atoms with Gasteiger partial charge >= 0.3 is 0 Å². The van der Waals surface area contributed by atoms with Crippen molar-refractivity contribution in [3.8, 4) is 0 Å². The molecule has 0 saturated heterocycles. The van der Waals surface area contributed by atoms with Crippen molar-refractivity contribution in [3.63, 3.8) is 0 Å². The molecule has 15 heavy (non-hydrogen) atoms. The summed E-state index contributed by atoms with van der Waals surface area (Å²) in [4.78, 5) is 0. The zero-order valence-corrected chi connectivity index (χ0v) is 9.84. The lowest BCUT2D eigenvalue weighted by Gasteiger charge is -1.92. The zero-order valence-electron chi connectivity index (χ0n) is 8.25. The Hall–Kier alpha value is -1.22. The molecule has 2 aromatic carbocycles. The van der Waals surface area contributed by atoms with E-state index < -0.39 is 0 Å². The summed E-state index contributed by atoms with van der Waals surface area (Å²) in [5.41, 5.74) is 3.15. The maximum Gasteiger partial charge on any atom is 0.139 e. The monoisotopic (exact) mass is 258 g/mol. The average Bonchev–Trinajstić information content (AvgIpc) is 2.56. The number of fused-ring (bicyclic) bond motifs is 3. The van der Waals surface area contributed by atoms with Gasteiger partial charge in [-0.25, -0.2) is 0 Å². The van der Waals surface area contributed by atoms with Crippen LogP contribution in [0.25, 0.3) is 21.9 Å². The second-order valence-electron chi connectivity index (χ2n) is 3.74. The van der Waals surface area contributed by atoms with E-state index in [4.69, 9.17) is 4.42 Å². The van der Waals surface area contributed by atoms with E-state index in [1.54, 1.807) is 0 Å². The topological polar surface area (TPSA) is 13.1 Å². The molecule has 1 heterocycles. The van der Waals surface area contributed by atoms with Crippen LogP contribution >= 0.6 is 15.9 Å². The van der Waals surface area contributed by atoms with E-state index in [0.29, 0.717) is 0 Å². The third-order valence-corrected chi connectivity index (χ3v) is 3.08. The van der Waals surface area contributed by atoms with Crippen molar-refractivity contribution in [2.24, 2.45) is 0 Å². The highest BCUT2D eigenvalue weighted by Gasteiger charge is 2.06. The predicted molar refractivity (Wildman–Crippen MR) is 69.6 cm³/mol. The molecule has 0 aliphatic rings. The molecule has 0 saturated carbocycles. The summed E-state index contributed by atoms with van der Waals surface area (Å²) in [5, 5.41) is 2.36. The van der Waals surface area contributed by atoms with Crippen molar-refractivity contribution in [2.45, 2.75) is 0 Å². The van der Waals surface area contributed by atoms with Gasteiger partial charge in [0.25, 0.3) is 0 Å². The SMILES string of the molecule is Bc1ccc2oc3ccc(Br)cc3c2c1. The fraction of sp³-hybridized carbons (Fsp3) is 0. The number of hydrogen-bond donors (Lipinski definition) is 0. The first-order valence-electron chi connectivity index (χ1n) is 4.82. The van der Waals surface area contributed by atoms with Crippen molar-refractivity contribution in [3.05, 3.63) is 40.9 Å². The second kappa shape index (κ2) is 3.14. The fourth-order valence-electron chi connectivity index (χ4n) is 1.86. The number of furan rings is 1. The Bertz CT molecular complexity index is 601. The molecule has 0 atom stereocenters. The molecule has 1 nitrogen and oxygen atoms in total. The highest BCUT2D eigenvalue weighted by molar-refractivity contribution is 9.10. The molecule has 0 unspecified atom stereocenters. The van der Waals surface area contributed by atoms with Gasteiger partial charge in [0, 0.05) is 15.2 Å². The van der Waals surface area contributed by atoms with Gasteiger partial charge in [0.2, 0.25) is 0 Å². The van der Waals surface area contributed by atoms with Gasteiger partial charge in [-0.1, -0.05) is 33.5 Å². The highest BCUT2D eigenvalue weighted by Crippen LogP contribution is 2.29. The Labute approximate surface area is 96.6 Å². The molecule has 0 aliphatic heterocycles. The molecule has 3 heteroatoms. The minimum Gasteiger partial charge on any atom is -0.456 e. The first-order valence-corrected chi connectivity index (χ1v) is 5.62. The summed E-state index contributed by atoms with van der Waals surface area (Å²) in [7, 11) is 2.09. The summed E-state index contributed by atoms with van der Waals surface area (Å²) in [5.74, 6) is 0. The van der Waals surface area contributed by atoms with E-state index in [2.05, 4.69) is 42.0 Å². The minimum atomic E-state index is 0.943. The van der Waals surface area contributed by atoms with Crippen LogP contribution in [0.5, 0.6) is 0 Å². The van der Waals surface area contributed by atoms with Crippen LogP contribution in [0, 0.1) is 0 Å². The molecule has 0 amide bonds. The standard InChI is InChI=1S/C12H8BBrO/c13-7-1-3-11-9(5-7)10-6-8(14)2-4-12(10)15-11/h1-6H,13H2. The van der Waals surface area contributed by atoms with Crippen LogP contribution in [0.4, 0.5) is 0 Å². The van der Waals surface area contributed by atoms with Gasteiger partial charge in [-0.2, -0.15) is 0 Å². The van der Waals surface area contributed by atoms with Crippen molar-refractivity contribution in [1.82, 2.24) is 0 Å². The molecule has 0 spiro atoms. The van der Waals surface area contributed by atoms with Gasteiger partial charge in [0.1, 0.15) is 19.0 Å². The van der Waals surface area contributed by atoms with Crippen LogP contribution in [-0.2, 0) is 0 Å². The Morgan fingerprint density at radius 2 is 1.60 bits per heavy atom. The second-order valence-corrected chi connectivity index (χ2v) is 4.66. The first-order chi connectivity index (χ1) is 7.24. The Kier molecular flexibility index (Phi) is 1.89. The van der Waals surface area contributed by atoms with E-state index in [9.17, 15) is 0 Å². The quantitative estimate of drug-likeness (QED) is 0.565. The molecular weight excluding hydrogens is 251 g/mol. The third kappa shape index (κ3) is 1.38. The molecule has 72 valence electrons. The van der Waals surface area contributed by atoms with E-state index in [1.165, 1.54) is 16.2 Å².